The molecule has 0 unspecified atom stereocenters. The fraction of sp³-hybridized carbons (Fsp3) is 0.462. The molecule has 0 bridgehead atoms. The highest BCUT2D eigenvalue weighted by Crippen LogP contribution is 2.30. The van der Waals surface area contributed by atoms with E-state index >= 15 is 0 Å². The number of aliphatic hydroxyl groups is 1. The van der Waals surface area contributed by atoms with Gasteiger partial charge in [-0.15, -0.1) is 0 Å². The van der Waals surface area contributed by atoms with Crippen molar-refractivity contribution in [1.82, 2.24) is 5.32 Å². The van der Waals surface area contributed by atoms with E-state index in [2.05, 4.69) is 5.32 Å². The highest BCUT2D eigenvalue weighted by molar-refractivity contribution is 6.30. The zero-order valence-corrected chi connectivity index (χ0v) is 10.7. The summed E-state index contributed by atoms with van der Waals surface area (Å²) in [7, 11) is 0. The van der Waals surface area contributed by atoms with Crippen LogP contribution in [0.25, 0.3) is 0 Å². The summed E-state index contributed by atoms with van der Waals surface area (Å²) in [4.78, 5) is 11.5. The Kier molecular flexibility index (Phi) is 4.09. The first-order valence-electron chi connectivity index (χ1n) is 5.95. The topological polar surface area (TPSA) is 58.6 Å². The van der Waals surface area contributed by atoms with Gasteiger partial charge >= 0.3 is 0 Å². The average Bonchev–Trinajstić information content (AvgIpc) is 2.31. The number of ether oxygens (including phenoxy) is 1. The molecule has 0 aliphatic heterocycles. The van der Waals surface area contributed by atoms with Crippen molar-refractivity contribution >= 4 is 17.5 Å². The summed E-state index contributed by atoms with van der Waals surface area (Å²) in [6, 6.07) is 6.88. The van der Waals surface area contributed by atoms with Gasteiger partial charge in [0.1, 0.15) is 5.75 Å². The molecule has 98 valence electrons. The lowest BCUT2D eigenvalue weighted by atomic mass is 9.80. The molecule has 5 heteroatoms. The maximum atomic E-state index is 11.5. The van der Waals surface area contributed by atoms with Gasteiger partial charge in [-0.2, -0.15) is 0 Å². The van der Waals surface area contributed by atoms with E-state index < -0.39 is 5.60 Å². The van der Waals surface area contributed by atoms with Crippen LogP contribution in [-0.4, -0.2) is 29.8 Å². The molecule has 1 aromatic carbocycles. The van der Waals surface area contributed by atoms with Crippen molar-refractivity contribution in [3.8, 4) is 5.75 Å². The SMILES string of the molecule is O=C(COc1cccc(Cl)c1)NCC1(O)CCC1. The maximum absolute atomic E-state index is 11.5. The third-order valence-corrected chi connectivity index (χ3v) is 3.30. The van der Waals surface area contributed by atoms with E-state index in [-0.39, 0.29) is 12.5 Å². The largest absolute Gasteiger partial charge is 0.484 e. The van der Waals surface area contributed by atoms with Crippen LogP contribution in [-0.2, 0) is 4.79 Å². The van der Waals surface area contributed by atoms with E-state index in [1.807, 2.05) is 0 Å². The lowest BCUT2D eigenvalue weighted by molar-refractivity contribution is -0.125. The lowest BCUT2D eigenvalue weighted by Crippen LogP contribution is -2.48. The van der Waals surface area contributed by atoms with Gasteiger partial charge in [0.25, 0.3) is 5.91 Å². The van der Waals surface area contributed by atoms with Crippen LogP contribution in [0.5, 0.6) is 5.75 Å². The van der Waals surface area contributed by atoms with Gasteiger partial charge in [0.05, 0.1) is 5.60 Å². The Morgan fingerprint density at radius 1 is 1.50 bits per heavy atom. The Morgan fingerprint density at radius 2 is 2.28 bits per heavy atom. The molecule has 1 aromatic rings. The minimum absolute atomic E-state index is 0.0730. The molecule has 0 heterocycles. The van der Waals surface area contributed by atoms with Crippen molar-refractivity contribution in [1.29, 1.82) is 0 Å². The number of amides is 1. The summed E-state index contributed by atoms with van der Waals surface area (Å²) in [6.07, 6.45) is 2.52. The molecule has 4 nitrogen and oxygen atoms in total. The summed E-state index contributed by atoms with van der Waals surface area (Å²) in [6.45, 7) is 0.223. The smallest absolute Gasteiger partial charge is 0.258 e. The van der Waals surface area contributed by atoms with E-state index in [0.717, 1.165) is 19.3 Å². The van der Waals surface area contributed by atoms with Crippen molar-refractivity contribution in [3.05, 3.63) is 29.3 Å². The van der Waals surface area contributed by atoms with Gasteiger partial charge in [-0.05, 0) is 37.5 Å². The first-order chi connectivity index (χ1) is 8.57. The fourth-order valence-electron chi connectivity index (χ4n) is 1.78. The third-order valence-electron chi connectivity index (χ3n) is 3.06. The Bertz CT molecular complexity index is 432. The molecular weight excluding hydrogens is 254 g/mol. The average molecular weight is 270 g/mol. The molecule has 1 amide bonds. The number of benzene rings is 1. The number of hydrogen-bond acceptors (Lipinski definition) is 3. The van der Waals surface area contributed by atoms with Gasteiger partial charge in [0, 0.05) is 11.6 Å². The number of nitrogens with one attached hydrogen (secondary N) is 1. The molecule has 2 N–H and O–H groups in total. The van der Waals surface area contributed by atoms with Crippen LogP contribution in [0.1, 0.15) is 19.3 Å². The summed E-state index contributed by atoms with van der Waals surface area (Å²) in [5.41, 5.74) is -0.703. The lowest BCUT2D eigenvalue weighted by Gasteiger charge is -2.36. The molecule has 1 aliphatic carbocycles. The summed E-state index contributed by atoms with van der Waals surface area (Å²) in [5, 5.41) is 13.0. The number of carbonyl (C=O) groups excluding carboxylic acids is 1. The second-order valence-electron chi connectivity index (χ2n) is 4.60. The fourth-order valence-corrected chi connectivity index (χ4v) is 1.96. The van der Waals surface area contributed by atoms with Crippen LogP contribution in [0.2, 0.25) is 5.02 Å². The monoisotopic (exact) mass is 269 g/mol. The Labute approximate surface area is 111 Å². The number of rotatable bonds is 5. The second-order valence-corrected chi connectivity index (χ2v) is 5.04. The van der Waals surface area contributed by atoms with E-state index in [4.69, 9.17) is 16.3 Å². The molecular formula is C13H16ClNO3. The molecule has 18 heavy (non-hydrogen) atoms. The van der Waals surface area contributed by atoms with Crippen molar-refractivity contribution in [2.75, 3.05) is 13.2 Å². The summed E-state index contributed by atoms with van der Waals surface area (Å²) in [5.74, 6) is 0.315. The van der Waals surface area contributed by atoms with Crippen LogP contribution in [0.3, 0.4) is 0 Å². The molecule has 0 atom stereocenters. The van der Waals surface area contributed by atoms with Gasteiger partial charge in [-0.3, -0.25) is 4.79 Å². The van der Waals surface area contributed by atoms with Crippen LogP contribution in [0.15, 0.2) is 24.3 Å². The molecule has 0 saturated heterocycles. The number of carbonyl (C=O) groups is 1. The summed E-state index contributed by atoms with van der Waals surface area (Å²) < 4.78 is 5.29. The minimum atomic E-state index is -0.703. The van der Waals surface area contributed by atoms with Crippen molar-refractivity contribution in [2.24, 2.45) is 0 Å². The predicted octanol–water partition coefficient (Wildman–Crippen LogP) is 1.75. The Hall–Kier alpha value is -1.26. The van der Waals surface area contributed by atoms with Crippen molar-refractivity contribution in [2.45, 2.75) is 24.9 Å². The quantitative estimate of drug-likeness (QED) is 0.856. The Balaban J connectivity index is 1.71. The van der Waals surface area contributed by atoms with Gasteiger partial charge in [0.15, 0.2) is 6.61 Å². The van der Waals surface area contributed by atoms with Crippen LogP contribution >= 0.6 is 11.6 Å². The highest BCUT2D eigenvalue weighted by Gasteiger charge is 2.34. The zero-order valence-electron chi connectivity index (χ0n) is 9.99. The first-order valence-corrected chi connectivity index (χ1v) is 6.33. The maximum Gasteiger partial charge on any atom is 0.258 e. The number of halogens is 1. The van der Waals surface area contributed by atoms with E-state index in [9.17, 15) is 9.90 Å². The molecule has 1 fully saturated rings. The predicted molar refractivity (Wildman–Crippen MR) is 68.8 cm³/mol. The highest BCUT2D eigenvalue weighted by atomic mass is 35.5. The first kappa shape index (κ1) is 13.2. The Morgan fingerprint density at radius 3 is 2.89 bits per heavy atom. The van der Waals surface area contributed by atoms with E-state index in [0.29, 0.717) is 17.3 Å². The van der Waals surface area contributed by atoms with Crippen LogP contribution in [0, 0.1) is 0 Å². The molecule has 0 radical (unpaired) electrons. The summed E-state index contributed by atoms with van der Waals surface area (Å²) >= 11 is 5.79. The van der Waals surface area contributed by atoms with Gasteiger partial charge in [-0.1, -0.05) is 17.7 Å². The number of hydrogen-bond donors (Lipinski definition) is 2. The molecule has 0 aromatic heterocycles. The van der Waals surface area contributed by atoms with E-state index in [1.165, 1.54) is 0 Å². The van der Waals surface area contributed by atoms with E-state index in [1.54, 1.807) is 24.3 Å². The molecule has 1 saturated carbocycles. The zero-order chi connectivity index (χ0) is 13.0. The van der Waals surface area contributed by atoms with Gasteiger partial charge in [-0.25, -0.2) is 0 Å². The third kappa shape index (κ3) is 3.62. The van der Waals surface area contributed by atoms with Gasteiger partial charge in [0.2, 0.25) is 0 Å². The van der Waals surface area contributed by atoms with Crippen molar-refractivity contribution < 1.29 is 14.6 Å². The van der Waals surface area contributed by atoms with Crippen LogP contribution < -0.4 is 10.1 Å². The second kappa shape index (κ2) is 5.59. The molecule has 0 spiro atoms. The molecule has 1 aliphatic rings. The van der Waals surface area contributed by atoms with Crippen LogP contribution in [0.4, 0.5) is 0 Å². The van der Waals surface area contributed by atoms with Crippen molar-refractivity contribution in [3.63, 3.8) is 0 Å². The van der Waals surface area contributed by atoms with Gasteiger partial charge < -0.3 is 15.2 Å². The normalized spacial score (nSPS) is 16.8. The minimum Gasteiger partial charge on any atom is -0.484 e. The standard InChI is InChI=1S/C13H16ClNO3/c14-10-3-1-4-11(7-10)18-8-12(16)15-9-13(17)5-2-6-13/h1,3-4,7,17H,2,5-6,8-9H2,(H,15,16). The molecule has 2 rings (SSSR count).